The molecule has 0 unspecified atom stereocenters. The molecule has 0 aromatic rings. The lowest BCUT2D eigenvalue weighted by Crippen LogP contribution is -2.46. The molecule has 4 aliphatic carbocycles. The molecule has 0 spiro atoms. The summed E-state index contributed by atoms with van der Waals surface area (Å²) in [5.74, 6) is 1.69. The van der Waals surface area contributed by atoms with Crippen LogP contribution in [0.3, 0.4) is 0 Å². The fourth-order valence-corrected chi connectivity index (χ4v) is 19.6. The summed E-state index contributed by atoms with van der Waals surface area (Å²) in [6.07, 6.45) is 30.7. The van der Waals surface area contributed by atoms with E-state index in [9.17, 15) is 0 Å². The van der Waals surface area contributed by atoms with Crippen molar-refractivity contribution in [2.24, 2.45) is 11.8 Å². The fraction of sp³-hybridized carbons (Fsp3) is 1.00. The van der Waals surface area contributed by atoms with Crippen molar-refractivity contribution < 1.29 is 0 Å². The maximum absolute atomic E-state index is 2.79. The smallest absolute Gasteiger partial charge is 0.0118 e. The van der Waals surface area contributed by atoms with Crippen molar-refractivity contribution in [1.29, 1.82) is 0 Å². The second-order valence-electron chi connectivity index (χ2n) is 14.9. The predicted octanol–water partition coefficient (Wildman–Crippen LogP) is 12.1. The molecule has 0 aromatic carbocycles. The van der Waals surface area contributed by atoms with Crippen molar-refractivity contribution in [1.82, 2.24) is 0 Å². The SMILES string of the molecule is C[C@@H]([C@H](C)C(C)(C)P(C1CCCCC1)C1CCCCC1)C(C)(C)P(C1CCCCC1)C1CCCCC1. The zero-order chi connectivity index (χ0) is 25.8. The van der Waals surface area contributed by atoms with Gasteiger partial charge in [-0.25, -0.2) is 0 Å². The predicted molar refractivity (Wildman–Crippen MR) is 168 cm³/mol. The second kappa shape index (κ2) is 13.5. The lowest BCUT2D eigenvalue weighted by Gasteiger charge is -2.56. The maximum atomic E-state index is 2.79. The van der Waals surface area contributed by atoms with E-state index in [0.717, 1.165) is 34.5 Å². The molecule has 0 N–H and O–H groups in total. The van der Waals surface area contributed by atoms with Gasteiger partial charge in [0.2, 0.25) is 0 Å². The Hall–Kier alpha value is 0.860. The summed E-state index contributed by atoms with van der Waals surface area (Å²) in [7, 11) is 0.199. The molecular weight excluding hydrogens is 470 g/mol. The molecule has 2 atom stereocenters. The summed E-state index contributed by atoms with van der Waals surface area (Å²) < 4.78 is 0. The van der Waals surface area contributed by atoms with E-state index < -0.39 is 0 Å². The van der Waals surface area contributed by atoms with Crippen LogP contribution in [0.2, 0.25) is 0 Å². The molecule has 0 radical (unpaired) electrons. The van der Waals surface area contributed by atoms with Gasteiger partial charge in [0, 0.05) is 0 Å². The topological polar surface area (TPSA) is 0 Å². The normalized spacial score (nSPS) is 27.0. The standard InChI is InChI=1S/C34H64P2/c1-27(33(3,4)35(29-19-11-7-12-20-29)30-21-13-8-14-22-30)28(2)34(5,6)36(31-23-15-9-16-24-31)32-25-17-10-18-26-32/h27-32H,7-26H2,1-6H3/t27-,28-/m0/s1. The van der Waals surface area contributed by atoms with Gasteiger partial charge in [-0.3, -0.25) is 0 Å². The Morgan fingerprint density at radius 1 is 0.389 bits per heavy atom. The molecule has 4 fully saturated rings. The van der Waals surface area contributed by atoms with Crippen LogP contribution in [0.1, 0.15) is 170 Å². The summed E-state index contributed by atoms with van der Waals surface area (Å²) in [5, 5.41) is 1.05. The maximum Gasteiger partial charge on any atom is -0.0118 e. The van der Waals surface area contributed by atoms with Crippen molar-refractivity contribution in [2.45, 2.75) is 203 Å². The minimum Gasteiger partial charge on any atom is -0.0942 e. The molecule has 2 heteroatoms. The molecule has 0 aliphatic heterocycles. The largest absolute Gasteiger partial charge is 0.0942 e. The Morgan fingerprint density at radius 3 is 0.778 bits per heavy atom. The van der Waals surface area contributed by atoms with Crippen LogP contribution in [0, 0.1) is 11.8 Å². The molecule has 0 nitrogen and oxygen atoms in total. The first-order chi connectivity index (χ1) is 17.2. The first-order valence-corrected chi connectivity index (χ1v) is 19.8. The van der Waals surface area contributed by atoms with E-state index in [4.69, 9.17) is 0 Å². The van der Waals surface area contributed by atoms with E-state index in [2.05, 4.69) is 41.5 Å². The lowest BCUT2D eigenvalue weighted by molar-refractivity contribution is 0.261. The molecule has 4 rings (SSSR count). The summed E-state index contributed by atoms with van der Waals surface area (Å²) in [6, 6.07) is 0. The highest BCUT2D eigenvalue weighted by atomic mass is 31.1. The summed E-state index contributed by atoms with van der Waals surface area (Å²) >= 11 is 0. The molecule has 36 heavy (non-hydrogen) atoms. The van der Waals surface area contributed by atoms with Gasteiger partial charge in [0.1, 0.15) is 0 Å². The van der Waals surface area contributed by atoms with E-state index in [-0.39, 0.29) is 15.8 Å². The third kappa shape index (κ3) is 6.77. The Balaban J connectivity index is 1.59. The van der Waals surface area contributed by atoms with Crippen molar-refractivity contribution in [3.8, 4) is 0 Å². The van der Waals surface area contributed by atoms with Gasteiger partial charge in [0.25, 0.3) is 0 Å². The van der Waals surface area contributed by atoms with Crippen molar-refractivity contribution in [3.05, 3.63) is 0 Å². The monoisotopic (exact) mass is 534 g/mol. The van der Waals surface area contributed by atoms with E-state index in [1.807, 2.05) is 0 Å². The molecule has 4 aliphatic rings. The van der Waals surface area contributed by atoms with E-state index in [0.29, 0.717) is 10.3 Å². The Morgan fingerprint density at radius 2 is 0.583 bits per heavy atom. The lowest BCUT2D eigenvalue weighted by atomic mass is 9.78. The van der Waals surface area contributed by atoms with Crippen LogP contribution < -0.4 is 0 Å². The quantitative estimate of drug-likeness (QED) is 0.258. The van der Waals surface area contributed by atoms with Crippen molar-refractivity contribution in [3.63, 3.8) is 0 Å². The highest BCUT2D eigenvalue weighted by molar-refractivity contribution is 7.61. The molecule has 210 valence electrons. The summed E-state index contributed by atoms with van der Waals surface area (Å²) in [6.45, 7) is 16.7. The van der Waals surface area contributed by atoms with Gasteiger partial charge in [-0.15, -0.1) is 0 Å². The molecule has 4 saturated carbocycles. The number of hydrogen-bond donors (Lipinski definition) is 0. The molecule has 0 heterocycles. The van der Waals surface area contributed by atoms with Crippen LogP contribution >= 0.6 is 15.8 Å². The number of rotatable bonds is 9. The highest BCUT2D eigenvalue weighted by Gasteiger charge is 2.50. The van der Waals surface area contributed by atoms with E-state index in [1.165, 1.54) is 77.0 Å². The average Bonchev–Trinajstić information content (AvgIpc) is 2.90. The average molecular weight is 535 g/mol. The number of hydrogen-bond acceptors (Lipinski definition) is 0. The van der Waals surface area contributed by atoms with Crippen LogP contribution in [-0.2, 0) is 0 Å². The second-order valence-corrected chi connectivity index (χ2v) is 21.7. The first kappa shape index (κ1) is 29.8. The molecular formula is C34H64P2. The van der Waals surface area contributed by atoms with Crippen LogP contribution in [0.15, 0.2) is 0 Å². The van der Waals surface area contributed by atoms with Crippen molar-refractivity contribution in [2.75, 3.05) is 0 Å². The van der Waals surface area contributed by atoms with E-state index >= 15 is 0 Å². The Labute approximate surface area is 230 Å². The van der Waals surface area contributed by atoms with Gasteiger partial charge in [-0.1, -0.05) is 134 Å². The fourth-order valence-electron chi connectivity index (χ4n) is 9.61. The Kier molecular flexibility index (Phi) is 11.2. The third-order valence-electron chi connectivity index (χ3n) is 12.2. The van der Waals surface area contributed by atoms with Crippen LogP contribution in [0.25, 0.3) is 0 Å². The van der Waals surface area contributed by atoms with Gasteiger partial charge < -0.3 is 0 Å². The minimum atomic E-state index is 0.0997. The van der Waals surface area contributed by atoms with E-state index in [1.54, 1.807) is 51.4 Å². The zero-order valence-corrected chi connectivity index (χ0v) is 27.3. The van der Waals surface area contributed by atoms with Crippen molar-refractivity contribution >= 4 is 15.8 Å². The first-order valence-electron chi connectivity index (χ1n) is 16.8. The zero-order valence-electron chi connectivity index (χ0n) is 25.5. The molecule has 0 aromatic heterocycles. The van der Waals surface area contributed by atoms with Crippen LogP contribution in [-0.4, -0.2) is 32.9 Å². The van der Waals surface area contributed by atoms with Gasteiger partial charge >= 0.3 is 0 Å². The summed E-state index contributed by atoms with van der Waals surface area (Å²) in [4.78, 5) is 0. The van der Waals surface area contributed by atoms with Gasteiger partial charge in [-0.2, -0.15) is 0 Å². The third-order valence-corrected chi connectivity index (χ3v) is 20.9. The van der Waals surface area contributed by atoms with Gasteiger partial charge in [0.15, 0.2) is 0 Å². The molecule has 0 saturated heterocycles. The van der Waals surface area contributed by atoms with Crippen LogP contribution in [0.4, 0.5) is 0 Å². The van der Waals surface area contributed by atoms with Crippen LogP contribution in [0.5, 0.6) is 0 Å². The minimum absolute atomic E-state index is 0.0997. The van der Waals surface area contributed by atoms with Gasteiger partial charge in [-0.05, 0) is 96.2 Å². The molecule has 0 amide bonds. The molecule has 0 bridgehead atoms. The summed E-state index contributed by atoms with van der Waals surface area (Å²) in [5.41, 5.74) is 4.29. The Bertz CT molecular complexity index is 538. The highest BCUT2D eigenvalue weighted by Crippen LogP contribution is 2.70. The van der Waals surface area contributed by atoms with Gasteiger partial charge in [0.05, 0.1) is 0 Å².